The number of nitrogens with zero attached hydrogens (tertiary/aromatic N) is 4. The van der Waals surface area contributed by atoms with Crippen LogP contribution in [0, 0.1) is 13.8 Å². The van der Waals surface area contributed by atoms with Crippen LogP contribution in [-0.4, -0.2) is 25.5 Å². The predicted octanol–water partition coefficient (Wildman–Crippen LogP) is 4.08. The summed E-state index contributed by atoms with van der Waals surface area (Å²) < 4.78 is 3.43. The fourth-order valence-corrected chi connectivity index (χ4v) is 2.96. The number of nitrogens with one attached hydrogen (secondary N) is 1. The molecule has 1 N–H and O–H groups in total. The minimum absolute atomic E-state index is 0.180. The van der Waals surface area contributed by atoms with Crippen LogP contribution in [0.25, 0.3) is 0 Å². The molecular formula is C18H19Cl2N5O. The van der Waals surface area contributed by atoms with Crippen LogP contribution in [0.2, 0.25) is 10.0 Å². The molecule has 0 fully saturated rings. The van der Waals surface area contributed by atoms with Gasteiger partial charge in [0.05, 0.1) is 29.5 Å². The summed E-state index contributed by atoms with van der Waals surface area (Å²) in [6.45, 7) is 4.74. The molecule has 8 heteroatoms. The molecule has 1 aromatic carbocycles. The van der Waals surface area contributed by atoms with Gasteiger partial charge in [-0.1, -0.05) is 53.5 Å². The lowest BCUT2D eigenvalue weighted by Gasteiger charge is -2.05. The molecule has 3 aromatic rings. The minimum atomic E-state index is -0.180. The van der Waals surface area contributed by atoms with E-state index in [9.17, 15) is 4.79 Å². The zero-order valence-corrected chi connectivity index (χ0v) is 16.1. The average molecular weight is 392 g/mol. The standard InChI is InChI=1S/C18H19Cl2N5O/c1-12-17(20)13(2)25(22-12)9-8-16(26)21-18-15(19)11-24(23-18)10-14-6-4-3-5-7-14/h3-7,11H,8-10H2,1-2H3,(H,21,23,26). The lowest BCUT2D eigenvalue weighted by atomic mass is 10.2. The van der Waals surface area contributed by atoms with Crippen LogP contribution in [0.4, 0.5) is 5.82 Å². The van der Waals surface area contributed by atoms with E-state index in [4.69, 9.17) is 23.2 Å². The van der Waals surface area contributed by atoms with E-state index in [-0.39, 0.29) is 12.3 Å². The van der Waals surface area contributed by atoms with Gasteiger partial charge in [-0.3, -0.25) is 14.2 Å². The third kappa shape index (κ3) is 4.26. The van der Waals surface area contributed by atoms with Crippen LogP contribution in [0.5, 0.6) is 0 Å². The summed E-state index contributed by atoms with van der Waals surface area (Å²) in [5, 5.41) is 12.5. The molecule has 0 aliphatic heterocycles. The van der Waals surface area contributed by atoms with Crippen LogP contribution < -0.4 is 5.32 Å². The Balaban J connectivity index is 1.60. The highest BCUT2D eigenvalue weighted by atomic mass is 35.5. The van der Waals surface area contributed by atoms with Crippen molar-refractivity contribution in [2.24, 2.45) is 0 Å². The van der Waals surface area contributed by atoms with Crippen LogP contribution >= 0.6 is 23.2 Å². The first-order valence-corrected chi connectivity index (χ1v) is 8.96. The summed E-state index contributed by atoms with van der Waals surface area (Å²) >= 11 is 12.3. The van der Waals surface area contributed by atoms with E-state index in [1.54, 1.807) is 15.6 Å². The Hall–Kier alpha value is -2.31. The van der Waals surface area contributed by atoms with E-state index in [0.717, 1.165) is 17.0 Å². The van der Waals surface area contributed by atoms with Gasteiger partial charge in [0.2, 0.25) is 5.91 Å². The number of rotatable bonds is 6. The van der Waals surface area contributed by atoms with Gasteiger partial charge in [0, 0.05) is 12.6 Å². The third-order valence-corrected chi connectivity index (χ3v) is 4.83. The molecule has 0 radical (unpaired) electrons. The van der Waals surface area contributed by atoms with Crippen molar-refractivity contribution in [1.29, 1.82) is 0 Å². The lowest BCUT2D eigenvalue weighted by Crippen LogP contribution is -2.16. The molecule has 0 bridgehead atoms. The second-order valence-corrected chi connectivity index (χ2v) is 6.80. The first-order chi connectivity index (χ1) is 12.4. The van der Waals surface area contributed by atoms with Gasteiger partial charge in [-0.15, -0.1) is 0 Å². The molecule has 2 heterocycles. The largest absolute Gasteiger partial charge is 0.308 e. The van der Waals surface area contributed by atoms with Crippen molar-refractivity contribution < 1.29 is 4.79 Å². The zero-order valence-electron chi connectivity index (χ0n) is 14.5. The number of hydrogen-bond donors (Lipinski definition) is 1. The Morgan fingerprint density at radius 3 is 2.54 bits per heavy atom. The highest BCUT2D eigenvalue weighted by Crippen LogP contribution is 2.21. The summed E-state index contributed by atoms with van der Waals surface area (Å²) in [6.07, 6.45) is 1.95. The van der Waals surface area contributed by atoms with Crippen molar-refractivity contribution in [1.82, 2.24) is 19.6 Å². The molecular weight excluding hydrogens is 373 g/mol. The molecule has 2 aromatic heterocycles. The lowest BCUT2D eigenvalue weighted by molar-refractivity contribution is -0.116. The van der Waals surface area contributed by atoms with Gasteiger partial charge >= 0.3 is 0 Å². The van der Waals surface area contributed by atoms with Gasteiger partial charge in [0.1, 0.15) is 5.02 Å². The molecule has 0 unspecified atom stereocenters. The second kappa shape index (κ2) is 7.93. The number of benzene rings is 1. The fraction of sp³-hybridized carbons (Fsp3) is 0.278. The Morgan fingerprint density at radius 2 is 1.88 bits per heavy atom. The molecule has 0 saturated carbocycles. The van der Waals surface area contributed by atoms with Gasteiger partial charge in [0.15, 0.2) is 5.82 Å². The normalized spacial score (nSPS) is 10.9. The van der Waals surface area contributed by atoms with Crippen LogP contribution in [0.1, 0.15) is 23.4 Å². The Morgan fingerprint density at radius 1 is 1.15 bits per heavy atom. The van der Waals surface area contributed by atoms with Gasteiger partial charge in [0.25, 0.3) is 0 Å². The maximum Gasteiger partial charge on any atom is 0.227 e. The SMILES string of the molecule is Cc1nn(CCC(=O)Nc2nn(Cc3ccccc3)cc2Cl)c(C)c1Cl. The first-order valence-electron chi connectivity index (χ1n) is 8.20. The molecule has 0 saturated heterocycles. The maximum atomic E-state index is 12.2. The third-order valence-electron chi connectivity index (χ3n) is 4.01. The number of halogens is 2. The molecule has 136 valence electrons. The number of aromatic nitrogens is 4. The molecule has 26 heavy (non-hydrogen) atoms. The van der Waals surface area contributed by atoms with Gasteiger partial charge in [-0.2, -0.15) is 10.2 Å². The van der Waals surface area contributed by atoms with E-state index < -0.39 is 0 Å². The summed E-state index contributed by atoms with van der Waals surface area (Å²) in [7, 11) is 0. The summed E-state index contributed by atoms with van der Waals surface area (Å²) in [5.74, 6) is 0.180. The highest BCUT2D eigenvalue weighted by molar-refractivity contribution is 6.33. The molecule has 1 amide bonds. The monoisotopic (exact) mass is 391 g/mol. The quantitative estimate of drug-likeness (QED) is 0.688. The minimum Gasteiger partial charge on any atom is -0.308 e. The molecule has 0 aliphatic rings. The number of hydrogen-bond acceptors (Lipinski definition) is 3. The number of amides is 1. The van der Waals surface area contributed by atoms with Gasteiger partial charge in [-0.05, 0) is 19.4 Å². The topological polar surface area (TPSA) is 64.7 Å². The molecule has 3 rings (SSSR count). The zero-order chi connectivity index (χ0) is 18.7. The second-order valence-electron chi connectivity index (χ2n) is 6.01. The van der Waals surface area contributed by atoms with E-state index in [1.807, 2.05) is 44.2 Å². The summed E-state index contributed by atoms with van der Waals surface area (Å²) in [4.78, 5) is 12.2. The van der Waals surface area contributed by atoms with Crippen molar-refractivity contribution >= 4 is 34.9 Å². The smallest absolute Gasteiger partial charge is 0.227 e. The average Bonchev–Trinajstić information content (AvgIpc) is 3.08. The number of aryl methyl sites for hydroxylation is 2. The molecule has 0 atom stereocenters. The number of carbonyl (C=O) groups is 1. The van der Waals surface area contributed by atoms with Crippen LogP contribution in [-0.2, 0) is 17.9 Å². The van der Waals surface area contributed by atoms with Crippen molar-refractivity contribution in [3.05, 3.63) is 63.5 Å². The van der Waals surface area contributed by atoms with Crippen molar-refractivity contribution in [3.63, 3.8) is 0 Å². The van der Waals surface area contributed by atoms with Crippen LogP contribution in [0.15, 0.2) is 36.5 Å². The van der Waals surface area contributed by atoms with Crippen molar-refractivity contribution in [2.75, 3.05) is 5.32 Å². The predicted molar refractivity (Wildman–Crippen MR) is 103 cm³/mol. The summed E-state index contributed by atoms with van der Waals surface area (Å²) in [5.41, 5.74) is 2.71. The van der Waals surface area contributed by atoms with Crippen molar-refractivity contribution in [3.8, 4) is 0 Å². The molecule has 0 aliphatic carbocycles. The van der Waals surface area contributed by atoms with Gasteiger partial charge < -0.3 is 5.32 Å². The van der Waals surface area contributed by atoms with Crippen LogP contribution in [0.3, 0.4) is 0 Å². The Labute approximate surface area is 161 Å². The number of anilines is 1. The van der Waals surface area contributed by atoms with Gasteiger partial charge in [-0.25, -0.2) is 0 Å². The molecule has 6 nitrogen and oxygen atoms in total. The maximum absolute atomic E-state index is 12.2. The van der Waals surface area contributed by atoms with E-state index in [1.165, 1.54) is 0 Å². The van der Waals surface area contributed by atoms with E-state index in [2.05, 4.69) is 15.5 Å². The molecule has 0 spiro atoms. The number of carbonyl (C=O) groups excluding carboxylic acids is 1. The first kappa shape index (κ1) is 18.5. The van der Waals surface area contributed by atoms with Crippen molar-refractivity contribution in [2.45, 2.75) is 33.4 Å². The summed E-state index contributed by atoms with van der Waals surface area (Å²) in [6, 6.07) is 9.91. The van der Waals surface area contributed by atoms with E-state index in [0.29, 0.717) is 29.0 Å². The Kier molecular flexibility index (Phi) is 5.64. The highest BCUT2D eigenvalue weighted by Gasteiger charge is 2.13. The fourth-order valence-electron chi connectivity index (χ4n) is 2.63. The van der Waals surface area contributed by atoms with E-state index >= 15 is 0 Å². The Bertz CT molecular complexity index is 917.